The van der Waals surface area contributed by atoms with Gasteiger partial charge in [0.1, 0.15) is 11.4 Å². The van der Waals surface area contributed by atoms with Gasteiger partial charge in [0, 0.05) is 17.7 Å². The summed E-state index contributed by atoms with van der Waals surface area (Å²) in [6.45, 7) is 7.75. The van der Waals surface area contributed by atoms with E-state index in [0.717, 1.165) is 34.6 Å². The minimum absolute atomic E-state index is 0.0136. The van der Waals surface area contributed by atoms with Crippen LogP contribution in [-0.2, 0) is 0 Å². The lowest BCUT2D eigenvalue weighted by Crippen LogP contribution is -2.32. The predicted molar refractivity (Wildman–Crippen MR) is 114 cm³/mol. The summed E-state index contributed by atoms with van der Waals surface area (Å²) < 4.78 is 5.73. The highest BCUT2D eigenvalue weighted by Gasteiger charge is 2.42. The van der Waals surface area contributed by atoms with E-state index in [0.29, 0.717) is 24.8 Å². The highest BCUT2D eigenvalue weighted by Crippen LogP contribution is 2.43. The van der Waals surface area contributed by atoms with E-state index >= 15 is 0 Å². The standard InChI is InChI=1S/C24H27N3O2/c1-4-14-29-19-12-10-18(11-13-19)23-20-21(17-8-6-5-7-9-17)25-26-22(20)24(28)27(23)15-16(2)3/h5-13,16,23H,4,14-15H2,1-3H3,(H,25,26). The molecule has 0 radical (unpaired) electrons. The van der Waals surface area contributed by atoms with Crippen LogP contribution >= 0.6 is 0 Å². The van der Waals surface area contributed by atoms with Crippen molar-refractivity contribution in [2.45, 2.75) is 33.2 Å². The van der Waals surface area contributed by atoms with Crippen LogP contribution in [0.5, 0.6) is 5.75 Å². The number of aromatic amines is 1. The van der Waals surface area contributed by atoms with E-state index in [9.17, 15) is 4.79 Å². The van der Waals surface area contributed by atoms with Crippen LogP contribution in [0.25, 0.3) is 11.3 Å². The topological polar surface area (TPSA) is 58.2 Å². The largest absolute Gasteiger partial charge is 0.494 e. The number of hydrogen-bond acceptors (Lipinski definition) is 3. The second-order valence-corrected chi connectivity index (χ2v) is 7.90. The van der Waals surface area contributed by atoms with E-state index in [4.69, 9.17) is 4.74 Å². The van der Waals surface area contributed by atoms with Gasteiger partial charge in [0.05, 0.1) is 18.3 Å². The number of ether oxygens (including phenoxy) is 1. The predicted octanol–water partition coefficient (Wildman–Crippen LogP) is 5.07. The molecule has 0 aliphatic carbocycles. The molecule has 1 amide bonds. The first-order chi connectivity index (χ1) is 14.1. The molecule has 0 saturated heterocycles. The summed E-state index contributed by atoms with van der Waals surface area (Å²) in [5.74, 6) is 1.23. The van der Waals surface area contributed by atoms with Crippen molar-refractivity contribution in [3.05, 3.63) is 71.4 Å². The number of aromatic nitrogens is 2. The fraction of sp³-hybridized carbons (Fsp3) is 0.333. The van der Waals surface area contributed by atoms with Gasteiger partial charge in [-0.2, -0.15) is 5.10 Å². The lowest BCUT2D eigenvalue weighted by atomic mass is 9.95. The fourth-order valence-electron chi connectivity index (χ4n) is 3.91. The third kappa shape index (κ3) is 3.65. The second kappa shape index (κ2) is 8.11. The van der Waals surface area contributed by atoms with Gasteiger partial charge in [-0.05, 0) is 30.0 Å². The lowest BCUT2D eigenvalue weighted by Gasteiger charge is -2.28. The quantitative estimate of drug-likeness (QED) is 0.614. The van der Waals surface area contributed by atoms with Gasteiger partial charge >= 0.3 is 0 Å². The minimum atomic E-state index is -0.158. The number of carbonyl (C=O) groups is 1. The summed E-state index contributed by atoms with van der Waals surface area (Å²) in [4.78, 5) is 15.2. The first-order valence-corrected chi connectivity index (χ1v) is 10.3. The molecule has 3 aromatic rings. The lowest BCUT2D eigenvalue weighted by molar-refractivity contribution is 0.0722. The molecule has 1 aromatic heterocycles. The average molecular weight is 389 g/mol. The van der Waals surface area contributed by atoms with Gasteiger partial charge in [0.2, 0.25) is 0 Å². The molecule has 1 atom stereocenters. The Hall–Kier alpha value is -3.08. The number of amides is 1. The zero-order valence-electron chi connectivity index (χ0n) is 17.2. The van der Waals surface area contributed by atoms with Crippen LogP contribution in [-0.4, -0.2) is 34.2 Å². The molecule has 0 saturated carbocycles. The van der Waals surface area contributed by atoms with Crippen molar-refractivity contribution in [2.75, 3.05) is 13.2 Å². The van der Waals surface area contributed by atoms with E-state index in [1.54, 1.807) is 0 Å². The Morgan fingerprint density at radius 2 is 1.83 bits per heavy atom. The average Bonchev–Trinajstić information content (AvgIpc) is 3.27. The molecular formula is C24H27N3O2. The normalized spacial score (nSPS) is 15.8. The Labute approximate surface area is 171 Å². The van der Waals surface area contributed by atoms with Crippen molar-refractivity contribution in [1.29, 1.82) is 0 Å². The Balaban J connectivity index is 1.78. The van der Waals surface area contributed by atoms with Crippen LogP contribution in [0.3, 0.4) is 0 Å². The smallest absolute Gasteiger partial charge is 0.273 e. The Kier molecular flexibility index (Phi) is 5.38. The first-order valence-electron chi connectivity index (χ1n) is 10.3. The van der Waals surface area contributed by atoms with E-state index in [-0.39, 0.29) is 11.9 Å². The van der Waals surface area contributed by atoms with Crippen LogP contribution < -0.4 is 4.74 Å². The number of H-pyrrole nitrogens is 1. The van der Waals surface area contributed by atoms with Gasteiger partial charge in [-0.15, -0.1) is 0 Å². The Bertz CT molecular complexity index is 977. The molecule has 1 aliphatic heterocycles. The van der Waals surface area contributed by atoms with Crippen molar-refractivity contribution in [2.24, 2.45) is 5.92 Å². The summed E-state index contributed by atoms with van der Waals surface area (Å²) in [6.07, 6.45) is 0.972. The molecule has 5 heteroatoms. The molecule has 1 aliphatic rings. The van der Waals surface area contributed by atoms with Crippen LogP contribution in [0.2, 0.25) is 0 Å². The number of nitrogens with one attached hydrogen (secondary N) is 1. The van der Waals surface area contributed by atoms with E-state index in [2.05, 4.69) is 43.1 Å². The number of fused-ring (bicyclic) bond motifs is 1. The molecule has 0 bridgehead atoms. The van der Waals surface area contributed by atoms with E-state index in [1.807, 2.05) is 47.4 Å². The molecule has 29 heavy (non-hydrogen) atoms. The summed E-state index contributed by atoms with van der Waals surface area (Å²) in [5.41, 5.74) is 4.48. The molecular weight excluding hydrogens is 362 g/mol. The Morgan fingerprint density at radius 3 is 2.48 bits per heavy atom. The van der Waals surface area contributed by atoms with Crippen LogP contribution in [0.15, 0.2) is 54.6 Å². The number of carbonyl (C=O) groups excluding carboxylic acids is 1. The van der Waals surface area contributed by atoms with Crippen molar-refractivity contribution in [3.63, 3.8) is 0 Å². The zero-order chi connectivity index (χ0) is 20.4. The molecule has 1 N–H and O–H groups in total. The maximum atomic E-state index is 13.2. The fourth-order valence-corrected chi connectivity index (χ4v) is 3.91. The molecule has 2 aromatic carbocycles. The van der Waals surface area contributed by atoms with Gasteiger partial charge in [-0.25, -0.2) is 0 Å². The van der Waals surface area contributed by atoms with Crippen LogP contribution in [0, 0.1) is 5.92 Å². The molecule has 150 valence electrons. The van der Waals surface area contributed by atoms with Crippen molar-refractivity contribution in [1.82, 2.24) is 15.1 Å². The van der Waals surface area contributed by atoms with E-state index < -0.39 is 0 Å². The zero-order valence-corrected chi connectivity index (χ0v) is 17.2. The number of rotatable bonds is 7. The van der Waals surface area contributed by atoms with Gasteiger partial charge in [0.15, 0.2) is 0 Å². The minimum Gasteiger partial charge on any atom is -0.494 e. The molecule has 5 nitrogen and oxygen atoms in total. The first kappa shape index (κ1) is 19.2. The summed E-state index contributed by atoms with van der Waals surface area (Å²) in [6, 6.07) is 18.0. The SMILES string of the molecule is CCCOc1ccc(C2c3c(-c4ccccc4)n[nH]c3C(=O)N2CC(C)C)cc1. The molecule has 4 rings (SSSR count). The monoisotopic (exact) mass is 389 g/mol. The van der Waals surface area contributed by atoms with Gasteiger partial charge in [-0.1, -0.05) is 63.2 Å². The molecule has 1 unspecified atom stereocenters. The van der Waals surface area contributed by atoms with Gasteiger partial charge < -0.3 is 9.64 Å². The maximum Gasteiger partial charge on any atom is 0.273 e. The number of benzene rings is 2. The molecule has 0 spiro atoms. The highest BCUT2D eigenvalue weighted by atomic mass is 16.5. The van der Waals surface area contributed by atoms with Crippen molar-refractivity contribution >= 4 is 5.91 Å². The summed E-state index contributed by atoms with van der Waals surface area (Å²) in [5, 5.41) is 7.52. The number of hydrogen-bond donors (Lipinski definition) is 1. The second-order valence-electron chi connectivity index (χ2n) is 7.90. The highest BCUT2D eigenvalue weighted by molar-refractivity contribution is 6.00. The van der Waals surface area contributed by atoms with E-state index in [1.165, 1.54) is 0 Å². The van der Waals surface area contributed by atoms with Crippen LogP contribution in [0.4, 0.5) is 0 Å². The van der Waals surface area contributed by atoms with Gasteiger partial charge in [0.25, 0.3) is 5.91 Å². The van der Waals surface area contributed by atoms with Crippen molar-refractivity contribution in [3.8, 4) is 17.0 Å². The van der Waals surface area contributed by atoms with Crippen molar-refractivity contribution < 1.29 is 9.53 Å². The molecule has 2 heterocycles. The van der Waals surface area contributed by atoms with Gasteiger partial charge in [-0.3, -0.25) is 9.89 Å². The third-order valence-electron chi connectivity index (χ3n) is 5.14. The molecule has 0 fully saturated rings. The summed E-state index contributed by atoms with van der Waals surface area (Å²) >= 11 is 0. The van der Waals surface area contributed by atoms with Crippen LogP contribution in [0.1, 0.15) is 54.8 Å². The third-order valence-corrected chi connectivity index (χ3v) is 5.14. The number of nitrogens with zero attached hydrogens (tertiary/aromatic N) is 2. The Morgan fingerprint density at radius 1 is 1.10 bits per heavy atom. The maximum absolute atomic E-state index is 13.2. The summed E-state index contributed by atoms with van der Waals surface area (Å²) in [7, 11) is 0.